The van der Waals surface area contributed by atoms with Crippen molar-refractivity contribution in [3.8, 4) is 16.8 Å². The molecule has 158 valence electrons. The third kappa shape index (κ3) is 3.97. The second-order valence-electron chi connectivity index (χ2n) is 7.58. The molecular formula is C26H20ClN3OS. The molecule has 0 atom stereocenters. The average molecular weight is 458 g/mol. The van der Waals surface area contributed by atoms with E-state index in [1.54, 1.807) is 4.57 Å². The molecule has 0 aliphatic rings. The van der Waals surface area contributed by atoms with Gasteiger partial charge in [0.15, 0.2) is 5.16 Å². The largest absolute Gasteiger partial charge is 0.355 e. The third-order valence-corrected chi connectivity index (χ3v) is 6.51. The minimum atomic E-state index is -0.114. The number of hydrogen-bond donors (Lipinski definition) is 1. The lowest BCUT2D eigenvalue weighted by molar-refractivity contribution is 0.817. The van der Waals surface area contributed by atoms with Gasteiger partial charge < -0.3 is 4.98 Å². The normalized spacial score (nSPS) is 11.2. The number of H-pyrrole nitrogens is 1. The fraction of sp³-hybridized carbons (Fsp3) is 0.0769. The highest BCUT2D eigenvalue weighted by Crippen LogP contribution is 2.30. The summed E-state index contributed by atoms with van der Waals surface area (Å²) in [4.78, 5) is 21.8. The maximum absolute atomic E-state index is 13.6. The van der Waals surface area contributed by atoms with Crippen molar-refractivity contribution in [2.45, 2.75) is 17.8 Å². The van der Waals surface area contributed by atoms with Crippen LogP contribution >= 0.6 is 23.4 Å². The number of nitrogens with one attached hydrogen (secondary N) is 1. The van der Waals surface area contributed by atoms with Crippen molar-refractivity contribution in [2.75, 3.05) is 0 Å². The molecular weight excluding hydrogens is 438 g/mol. The first kappa shape index (κ1) is 20.6. The molecule has 1 N–H and O–H groups in total. The van der Waals surface area contributed by atoms with Gasteiger partial charge in [-0.05, 0) is 47.9 Å². The van der Waals surface area contributed by atoms with Gasteiger partial charge in [0.05, 0.1) is 5.69 Å². The summed E-state index contributed by atoms with van der Waals surface area (Å²) < 4.78 is 1.69. The molecule has 0 spiro atoms. The zero-order chi connectivity index (χ0) is 22.1. The number of halogens is 1. The standard InChI is InChI=1S/C26H20ClN3OS/c1-17-7-5-12-21(13-17)30-25(31)24-23(22(15-28-24)19-9-3-2-4-10-19)29-26(30)32-16-18-8-6-11-20(27)14-18/h2-15,28H,16H2,1H3. The van der Waals surface area contributed by atoms with Crippen molar-refractivity contribution in [2.24, 2.45) is 0 Å². The molecule has 3 aromatic carbocycles. The van der Waals surface area contributed by atoms with Gasteiger partial charge in [-0.3, -0.25) is 9.36 Å². The van der Waals surface area contributed by atoms with Crippen molar-refractivity contribution in [1.82, 2.24) is 14.5 Å². The fourth-order valence-electron chi connectivity index (χ4n) is 3.74. The average Bonchev–Trinajstić information content (AvgIpc) is 3.23. The first-order valence-electron chi connectivity index (χ1n) is 10.2. The highest BCUT2D eigenvalue weighted by atomic mass is 35.5. The molecule has 0 saturated carbocycles. The number of aromatic nitrogens is 3. The van der Waals surface area contributed by atoms with Crippen molar-refractivity contribution < 1.29 is 0 Å². The van der Waals surface area contributed by atoms with E-state index in [1.165, 1.54) is 11.8 Å². The van der Waals surface area contributed by atoms with E-state index < -0.39 is 0 Å². The Labute approximate surface area is 194 Å². The quantitative estimate of drug-likeness (QED) is 0.238. The molecule has 0 unspecified atom stereocenters. The van der Waals surface area contributed by atoms with Crippen LogP contribution in [0.2, 0.25) is 5.02 Å². The highest BCUT2D eigenvalue weighted by Gasteiger charge is 2.18. The van der Waals surface area contributed by atoms with Gasteiger partial charge in [-0.15, -0.1) is 0 Å². The van der Waals surface area contributed by atoms with Crippen LogP contribution in [0.5, 0.6) is 0 Å². The Morgan fingerprint density at radius 3 is 2.59 bits per heavy atom. The third-order valence-electron chi connectivity index (χ3n) is 5.27. The lowest BCUT2D eigenvalue weighted by atomic mass is 10.1. The monoisotopic (exact) mass is 457 g/mol. The van der Waals surface area contributed by atoms with Crippen LogP contribution in [-0.2, 0) is 5.75 Å². The van der Waals surface area contributed by atoms with Crippen LogP contribution in [-0.4, -0.2) is 14.5 Å². The first-order chi connectivity index (χ1) is 15.6. The minimum absolute atomic E-state index is 0.114. The van der Waals surface area contributed by atoms with E-state index in [1.807, 2.05) is 92.0 Å². The number of benzene rings is 3. The molecule has 2 heterocycles. The van der Waals surface area contributed by atoms with Gasteiger partial charge in [-0.2, -0.15) is 0 Å². The molecule has 32 heavy (non-hydrogen) atoms. The lowest BCUT2D eigenvalue weighted by Gasteiger charge is -2.13. The molecule has 0 radical (unpaired) electrons. The Balaban J connectivity index is 1.69. The first-order valence-corrected chi connectivity index (χ1v) is 11.6. The van der Waals surface area contributed by atoms with Gasteiger partial charge in [0.2, 0.25) is 0 Å². The Hall–Kier alpha value is -3.28. The Bertz CT molecular complexity index is 1470. The summed E-state index contributed by atoms with van der Waals surface area (Å²) in [5, 5.41) is 1.34. The van der Waals surface area contributed by atoms with Gasteiger partial charge in [0.1, 0.15) is 11.0 Å². The number of thioether (sulfide) groups is 1. The van der Waals surface area contributed by atoms with E-state index in [0.717, 1.165) is 27.9 Å². The molecule has 0 aliphatic heterocycles. The van der Waals surface area contributed by atoms with Crippen LogP contribution in [0, 0.1) is 6.92 Å². The number of aromatic amines is 1. The SMILES string of the molecule is Cc1cccc(-n2c(SCc3cccc(Cl)c3)nc3c(-c4ccccc4)c[nH]c3c2=O)c1. The van der Waals surface area contributed by atoms with Crippen LogP contribution in [0.15, 0.2) is 95.0 Å². The topological polar surface area (TPSA) is 50.7 Å². The molecule has 2 aromatic heterocycles. The van der Waals surface area contributed by atoms with Crippen molar-refractivity contribution >= 4 is 34.4 Å². The second-order valence-corrected chi connectivity index (χ2v) is 8.96. The summed E-state index contributed by atoms with van der Waals surface area (Å²) >= 11 is 7.69. The highest BCUT2D eigenvalue weighted by molar-refractivity contribution is 7.98. The lowest BCUT2D eigenvalue weighted by Crippen LogP contribution is -2.22. The van der Waals surface area contributed by atoms with Crippen LogP contribution in [0.4, 0.5) is 0 Å². The van der Waals surface area contributed by atoms with Gasteiger partial charge in [0.25, 0.3) is 5.56 Å². The molecule has 0 bridgehead atoms. The van der Waals surface area contributed by atoms with Crippen molar-refractivity contribution in [3.63, 3.8) is 0 Å². The molecule has 5 rings (SSSR count). The van der Waals surface area contributed by atoms with Crippen molar-refractivity contribution in [3.05, 3.63) is 112 Å². The summed E-state index contributed by atoms with van der Waals surface area (Å²) in [5.41, 5.74) is 5.95. The number of nitrogens with zero attached hydrogens (tertiary/aromatic N) is 2. The van der Waals surface area contributed by atoms with Gasteiger partial charge in [0, 0.05) is 22.5 Å². The summed E-state index contributed by atoms with van der Waals surface area (Å²) in [6.07, 6.45) is 1.86. The maximum atomic E-state index is 13.6. The van der Waals surface area contributed by atoms with Crippen molar-refractivity contribution in [1.29, 1.82) is 0 Å². The number of aryl methyl sites for hydroxylation is 1. The summed E-state index contributed by atoms with van der Waals surface area (Å²) in [7, 11) is 0. The number of hydrogen-bond acceptors (Lipinski definition) is 3. The van der Waals surface area contributed by atoms with Gasteiger partial charge in [-0.25, -0.2) is 4.98 Å². The van der Waals surface area contributed by atoms with Crippen LogP contribution in [0.25, 0.3) is 27.8 Å². The van der Waals surface area contributed by atoms with E-state index in [-0.39, 0.29) is 5.56 Å². The van der Waals surface area contributed by atoms with E-state index in [4.69, 9.17) is 16.6 Å². The molecule has 0 amide bonds. The maximum Gasteiger partial charge on any atom is 0.283 e. The molecule has 0 saturated heterocycles. The Morgan fingerprint density at radius 1 is 1.00 bits per heavy atom. The summed E-state index contributed by atoms with van der Waals surface area (Å²) in [6, 6.07) is 25.6. The number of fused-ring (bicyclic) bond motifs is 1. The fourth-order valence-corrected chi connectivity index (χ4v) is 4.90. The smallest absolute Gasteiger partial charge is 0.283 e. The molecule has 6 heteroatoms. The molecule has 0 aliphatic carbocycles. The predicted molar refractivity (Wildman–Crippen MR) is 133 cm³/mol. The number of rotatable bonds is 5. The van der Waals surface area contributed by atoms with Crippen LogP contribution < -0.4 is 5.56 Å². The zero-order valence-electron chi connectivity index (χ0n) is 17.4. The van der Waals surface area contributed by atoms with Crippen LogP contribution in [0.3, 0.4) is 0 Å². The van der Waals surface area contributed by atoms with E-state index in [2.05, 4.69) is 4.98 Å². The van der Waals surface area contributed by atoms with Gasteiger partial charge >= 0.3 is 0 Å². The Morgan fingerprint density at radius 2 is 1.81 bits per heavy atom. The summed E-state index contributed by atoms with van der Waals surface area (Å²) in [5.74, 6) is 0.648. The second kappa shape index (κ2) is 8.69. The van der Waals surface area contributed by atoms with E-state index >= 15 is 0 Å². The minimum Gasteiger partial charge on any atom is -0.355 e. The zero-order valence-corrected chi connectivity index (χ0v) is 19.0. The van der Waals surface area contributed by atoms with Crippen LogP contribution in [0.1, 0.15) is 11.1 Å². The Kier molecular flexibility index (Phi) is 5.60. The summed E-state index contributed by atoms with van der Waals surface area (Å²) in [6.45, 7) is 2.02. The molecule has 5 aromatic rings. The van der Waals surface area contributed by atoms with E-state index in [9.17, 15) is 4.79 Å². The molecule has 0 fully saturated rings. The van der Waals surface area contributed by atoms with Gasteiger partial charge in [-0.1, -0.05) is 78.0 Å². The van der Waals surface area contributed by atoms with E-state index in [0.29, 0.717) is 27.0 Å². The predicted octanol–water partition coefficient (Wildman–Crippen LogP) is 6.63. The molecule has 4 nitrogen and oxygen atoms in total.